The zero-order chi connectivity index (χ0) is 7.61. The van der Waals surface area contributed by atoms with Crippen molar-refractivity contribution < 1.29 is 4.74 Å². The second-order valence-corrected chi connectivity index (χ2v) is 3.46. The molecule has 0 N–H and O–H groups in total. The zero-order valence-electron chi connectivity index (χ0n) is 7.18. The molecule has 0 unspecified atom stereocenters. The molecule has 1 aliphatic rings. The molecular formula is C8H17NO. The van der Waals surface area contributed by atoms with Crippen LogP contribution in [-0.4, -0.2) is 38.8 Å². The molecule has 0 aromatic carbocycles. The summed E-state index contributed by atoms with van der Waals surface area (Å²) in [7, 11) is 3.94. The predicted octanol–water partition coefficient (Wildman–Crippen LogP) is 0.975. The molecule has 1 rings (SSSR count). The fourth-order valence-corrected chi connectivity index (χ4v) is 1.82. The first-order valence-electron chi connectivity index (χ1n) is 3.90. The summed E-state index contributed by atoms with van der Waals surface area (Å²) in [6.45, 7) is 5.58. The van der Waals surface area contributed by atoms with Crippen molar-refractivity contribution in [3.8, 4) is 0 Å². The molecule has 60 valence electrons. The lowest BCUT2D eigenvalue weighted by Crippen LogP contribution is -2.56. The van der Waals surface area contributed by atoms with Gasteiger partial charge in [-0.1, -0.05) is 6.92 Å². The fraction of sp³-hybridized carbons (Fsp3) is 1.00. The maximum absolute atomic E-state index is 5.16. The van der Waals surface area contributed by atoms with Crippen molar-refractivity contribution >= 4 is 0 Å². The molecule has 1 fully saturated rings. The van der Waals surface area contributed by atoms with E-state index >= 15 is 0 Å². The van der Waals surface area contributed by atoms with Gasteiger partial charge in [0, 0.05) is 25.6 Å². The van der Waals surface area contributed by atoms with E-state index in [4.69, 9.17) is 4.74 Å². The molecule has 1 saturated heterocycles. The minimum Gasteiger partial charge on any atom is -0.384 e. The first-order chi connectivity index (χ1) is 4.72. The van der Waals surface area contributed by atoms with Gasteiger partial charge in [-0.3, -0.25) is 0 Å². The van der Waals surface area contributed by atoms with E-state index in [1.807, 2.05) is 0 Å². The molecule has 0 amide bonds. The molecule has 10 heavy (non-hydrogen) atoms. The van der Waals surface area contributed by atoms with Gasteiger partial charge in [0.05, 0.1) is 6.61 Å². The Morgan fingerprint density at radius 2 is 2.10 bits per heavy atom. The Hall–Kier alpha value is -0.0800. The van der Waals surface area contributed by atoms with Gasteiger partial charge in [-0.25, -0.2) is 0 Å². The number of likely N-dealkylation sites (tertiary alicyclic amines) is 1. The summed E-state index contributed by atoms with van der Waals surface area (Å²) >= 11 is 0. The third-order valence-corrected chi connectivity index (χ3v) is 2.41. The monoisotopic (exact) mass is 143 g/mol. The standard InChI is InChI=1S/C8H17NO/c1-4-8(7-10-3)5-9(2)6-8/h4-7H2,1-3H3. The van der Waals surface area contributed by atoms with Crippen molar-refractivity contribution in [2.75, 3.05) is 33.9 Å². The van der Waals surface area contributed by atoms with Crippen LogP contribution in [0.1, 0.15) is 13.3 Å². The van der Waals surface area contributed by atoms with Gasteiger partial charge < -0.3 is 9.64 Å². The second-order valence-electron chi connectivity index (χ2n) is 3.46. The molecular weight excluding hydrogens is 126 g/mol. The summed E-state index contributed by atoms with van der Waals surface area (Å²) < 4.78 is 5.16. The van der Waals surface area contributed by atoms with Crippen LogP contribution in [0.2, 0.25) is 0 Å². The molecule has 2 nitrogen and oxygen atoms in total. The van der Waals surface area contributed by atoms with Crippen LogP contribution in [0.5, 0.6) is 0 Å². The van der Waals surface area contributed by atoms with E-state index < -0.39 is 0 Å². The van der Waals surface area contributed by atoms with E-state index in [1.165, 1.54) is 19.5 Å². The minimum atomic E-state index is 0.490. The quantitative estimate of drug-likeness (QED) is 0.584. The van der Waals surface area contributed by atoms with Crippen LogP contribution in [0, 0.1) is 5.41 Å². The third-order valence-electron chi connectivity index (χ3n) is 2.41. The maximum Gasteiger partial charge on any atom is 0.0543 e. The number of rotatable bonds is 3. The summed E-state index contributed by atoms with van der Waals surface area (Å²) in [4.78, 5) is 2.34. The lowest BCUT2D eigenvalue weighted by Gasteiger charge is -2.47. The van der Waals surface area contributed by atoms with Gasteiger partial charge in [0.2, 0.25) is 0 Å². The molecule has 0 bridgehead atoms. The van der Waals surface area contributed by atoms with Crippen molar-refractivity contribution in [1.82, 2.24) is 4.90 Å². The molecule has 2 heteroatoms. The van der Waals surface area contributed by atoms with Crippen molar-refractivity contribution in [3.05, 3.63) is 0 Å². The van der Waals surface area contributed by atoms with Crippen LogP contribution < -0.4 is 0 Å². The number of nitrogens with zero attached hydrogens (tertiary/aromatic N) is 1. The van der Waals surface area contributed by atoms with Crippen LogP contribution in [0.3, 0.4) is 0 Å². The van der Waals surface area contributed by atoms with Gasteiger partial charge >= 0.3 is 0 Å². The molecule has 1 aliphatic heterocycles. The van der Waals surface area contributed by atoms with Gasteiger partial charge in [0.25, 0.3) is 0 Å². The van der Waals surface area contributed by atoms with Crippen LogP contribution in [0.4, 0.5) is 0 Å². The van der Waals surface area contributed by atoms with Gasteiger partial charge in [0.15, 0.2) is 0 Å². The first kappa shape index (κ1) is 8.02. The average molecular weight is 143 g/mol. The third kappa shape index (κ3) is 1.32. The predicted molar refractivity (Wildman–Crippen MR) is 42.1 cm³/mol. The van der Waals surface area contributed by atoms with E-state index in [2.05, 4.69) is 18.9 Å². The number of methoxy groups -OCH3 is 1. The summed E-state index contributed by atoms with van der Waals surface area (Å²) in [6, 6.07) is 0. The van der Waals surface area contributed by atoms with Crippen molar-refractivity contribution in [1.29, 1.82) is 0 Å². The SMILES string of the molecule is CCC1(COC)CN(C)C1. The van der Waals surface area contributed by atoms with E-state index in [0.29, 0.717) is 5.41 Å². The summed E-state index contributed by atoms with van der Waals surface area (Å²) in [6.07, 6.45) is 1.24. The van der Waals surface area contributed by atoms with Gasteiger partial charge in [-0.15, -0.1) is 0 Å². The molecule has 0 radical (unpaired) electrons. The van der Waals surface area contributed by atoms with E-state index in [9.17, 15) is 0 Å². The largest absolute Gasteiger partial charge is 0.384 e. The highest BCUT2D eigenvalue weighted by Crippen LogP contribution is 2.32. The molecule has 0 spiro atoms. The van der Waals surface area contributed by atoms with E-state index in [1.54, 1.807) is 7.11 Å². The van der Waals surface area contributed by atoms with Crippen LogP contribution in [0.15, 0.2) is 0 Å². The molecule has 0 aliphatic carbocycles. The van der Waals surface area contributed by atoms with Crippen LogP contribution in [-0.2, 0) is 4.74 Å². The minimum absolute atomic E-state index is 0.490. The number of hydrogen-bond acceptors (Lipinski definition) is 2. The molecule has 0 atom stereocenters. The lowest BCUT2D eigenvalue weighted by molar-refractivity contribution is -0.0426. The zero-order valence-corrected chi connectivity index (χ0v) is 7.18. The van der Waals surface area contributed by atoms with Crippen LogP contribution in [0.25, 0.3) is 0 Å². The second kappa shape index (κ2) is 2.89. The van der Waals surface area contributed by atoms with E-state index in [-0.39, 0.29) is 0 Å². The number of hydrogen-bond donors (Lipinski definition) is 0. The molecule has 0 aromatic rings. The summed E-state index contributed by atoms with van der Waals surface area (Å²) in [5.41, 5.74) is 0.490. The summed E-state index contributed by atoms with van der Waals surface area (Å²) in [5, 5.41) is 0. The normalized spacial score (nSPS) is 24.3. The fourth-order valence-electron chi connectivity index (χ4n) is 1.82. The lowest BCUT2D eigenvalue weighted by atomic mass is 9.79. The van der Waals surface area contributed by atoms with Crippen molar-refractivity contribution in [2.45, 2.75) is 13.3 Å². The highest BCUT2D eigenvalue weighted by molar-refractivity contribution is 4.91. The highest BCUT2D eigenvalue weighted by atomic mass is 16.5. The Bertz CT molecular complexity index is 102. The highest BCUT2D eigenvalue weighted by Gasteiger charge is 2.39. The molecule has 1 heterocycles. The Labute approximate surface area is 63.2 Å². The first-order valence-corrected chi connectivity index (χ1v) is 3.90. The Morgan fingerprint density at radius 1 is 1.50 bits per heavy atom. The Balaban J connectivity index is 2.32. The molecule has 0 saturated carbocycles. The van der Waals surface area contributed by atoms with Gasteiger partial charge in [0.1, 0.15) is 0 Å². The van der Waals surface area contributed by atoms with E-state index in [0.717, 1.165) is 6.61 Å². The maximum atomic E-state index is 5.16. The number of ether oxygens (including phenoxy) is 1. The topological polar surface area (TPSA) is 12.5 Å². The van der Waals surface area contributed by atoms with Gasteiger partial charge in [-0.2, -0.15) is 0 Å². The Morgan fingerprint density at radius 3 is 2.40 bits per heavy atom. The molecule has 0 aromatic heterocycles. The van der Waals surface area contributed by atoms with Crippen molar-refractivity contribution in [2.24, 2.45) is 5.41 Å². The summed E-state index contributed by atoms with van der Waals surface area (Å²) in [5.74, 6) is 0. The average Bonchev–Trinajstić information content (AvgIpc) is 1.84. The smallest absolute Gasteiger partial charge is 0.0543 e. The van der Waals surface area contributed by atoms with Crippen LogP contribution >= 0.6 is 0 Å². The van der Waals surface area contributed by atoms with Gasteiger partial charge in [-0.05, 0) is 13.5 Å². The van der Waals surface area contributed by atoms with Crippen molar-refractivity contribution in [3.63, 3.8) is 0 Å². The Kier molecular flexibility index (Phi) is 2.32.